The number of halogens is 1. The van der Waals surface area contributed by atoms with Crippen LogP contribution in [0.15, 0.2) is 34.7 Å². The van der Waals surface area contributed by atoms with Crippen molar-refractivity contribution < 1.29 is 14.3 Å². The summed E-state index contributed by atoms with van der Waals surface area (Å²) in [6, 6.07) is 9.38. The predicted octanol–water partition coefficient (Wildman–Crippen LogP) is 3.79. The van der Waals surface area contributed by atoms with Gasteiger partial charge in [-0.3, -0.25) is 0 Å². The van der Waals surface area contributed by atoms with Crippen molar-refractivity contribution in [3.8, 4) is 0 Å². The summed E-state index contributed by atoms with van der Waals surface area (Å²) in [7, 11) is 0. The molecule has 0 saturated carbocycles. The summed E-state index contributed by atoms with van der Waals surface area (Å²) in [5.41, 5.74) is 1.62. The lowest BCUT2D eigenvalue weighted by molar-refractivity contribution is 0.0659. The van der Waals surface area contributed by atoms with E-state index >= 15 is 0 Å². The third kappa shape index (κ3) is 3.21. The Balaban J connectivity index is 2.04. The Morgan fingerprint density at radius 3 is 2.75 bits per heavy atom. The van der Waals surface area contributed by atoms with E-state index in [9.17, 15) is 4.79 Å². The van der Waals surface area contributed by atoms with Gasteiger partial charge in [0.15, 0.2) is 0 Å². The Labute approximate surface area is 122 Å². The Morgan fingerprint density at radius 1 is 1.45 bits per heavy atom. The Kier molecular flexibility index (Phi) is 4.47. The molecule has 0 spiro atoms. The summed E-state index contributed by atoms with van der Waals surface area (Å²) < 4.78 is 5.30. The fourth-order valence-corrected chi connectivity index (χ4v) is 2.34. The van der Waals surface area contributed by atoms with Gasteiger partial charge in [0.1, 0.15) is 5.76 Å². The van der Waals surface area contributed by atoms with Gasteiger partial charge in [0, 0.05) is 16.6 Å². The molecular formula is C15H16ClNO3. The monoisotopic (exact) mass is 293 g/mol. The molecule has 1 aromatic heterocycles. The smallest absolute Gasteiger partial charge is 0.372 e. The fourth-order valence-electron chi connectivity index (χ4n) is 2.04. The molecular weight excluding hydrogens is 278 g/mol. The van der Waals surface area contributed by atoms with Crippen LogP contribution in [0.25, 0.3) is 0 Å². The molecule has 2 aromatic rings. The number of hydrogen-bond donors (Lipinski definition) is 2. The number of nitrogens with one attached hydrogen (secondary N) is 1. The zero-order chi connectivity index (χ0) is 14.7. The molecule has 1 atom stereocenters. The molecule has 5 heteroatoms. The molecule has 106 valence electrons. The molecule has 0 fully saturated rings. The molecule has 2 rings (SSSR count). The van der Waals surface area contributed by atoms with E-state index in [1.165, 1.54) is 0 Å². The molecule has 0 aliphatic heterocycles. The van der Waals surface area contributed by atoms with Crippen LogP contribution in [0.3, 0.4) is 0 Å². The van der Waals surface area contributed by atoms with Crippen molar-refractivity contribution in [2.24, 2.45) is 0 Å². The van der Waals surface area contributed by atoms with Crippen LogP contribution >= 0.6 is 11.6 Å². The number of hydrogen-bond acceptors (Lipinski definition) is 3. The lowest BCUT2D eigenvalue weighted by Crippen LogP contribution is -2.18. The van der Waals surface area contributed by atoms with Gasteiger partial charge in [0.05, 0.1) is 6.54 Å². The van der Waals surface area contributed by atoms with Crippen molar-refractivity contribution in [3.63, 3.8) is 0 Å². The largest absolute Gasteiger partial charge is 0.475 e. The van der Waals surface area contributed by atoms with Crippen molar-refractivity contribution in [2.45, 2.75) is 26.4 Å². The highest BCUT2D eigenvalue weighted by Crippen LogP contribution is 2.23. The van der Waals surface area contributed by atoms with E-state index in [2.05, 4.69) is 5.32 Å². The molecule has 1 aromatic carbocycles. The minimum atomic E-state index is -1.05. The molecule has 0 radical (unpaired) electrons. The summed E-state index contributed by atoms with van der Waals surface area (Å²) in [4.78, 5) is 10.9. The first kappa shape index (κ1) is 14.6. The van der Waals surface area contributed by atoms with Crippen LogP contribution < -0.4 is 5.32 Å². The van der Waals surface area contributed by atoms with Gasteiger partial charge in [-0.15, -0.1) is 0 Å². The summed E-state index contributed by atoms with van der Waals surface area (Å²) in [6.07, 6.45) is 0. The van der Waals surface area contributed by atoms with E-state index in [0.29, 0.717) is 22.9 Å². The number of carbonyl (C=O) groups is 1. The summed E-state index contributed by atoms with van der Waals surface area (Å²) in [5, 5.41) is 12.9. The van der Waals surface area contributed by atoms with Crippen LogP contribution in [0.1, 0.15) is 40.4 Å². The number of aromatic carboxylic acids is 1. The van der Waals surface area contributed by atoms with Crippen LogP contribution in [-0.2, 0) is 6.54 Å². The van der Waals surface area contributed by atoms with Gasteiger partial charge in [-0.1, -0.05) is 29.8 Å². The molecule has 0 bridgehead atoms. The first-order chi connectivity index (χ1) is 9.49. The lowest BCUT2D eigenvalue weighted by Gasteiger charge is -2.14. The highest BCUT2D eigenvalue weighted by molar-refractivity contribution is 6.31. The normalized spacial score (nSPS) is 12.3. The molecule has 4 nitrogen and oxygen atoms in total. The average Bonchev–Trinajstić information content (AvgIpc) is 2.78. The summed E-state index contributed by atoms with van der Waals surface area (Å²) in [6.45, 7) is 4.16. The van der Waals surface area contributed by atoms with Crippen LogP contribution in [0.2, 0.25) is 5.02 Å². The third-order valence-electron chi connectivity index (χ3n) is 3.12. The third-order valence-corrected chi connectivity index (χ3v) is 3.46. The van der Waals surface area contributed by atoms with Gasteiger partial charge in [-0.25, -0.2) is 4.79 Å². The summed E-state index contributed by atoms with van der Waals surface area (Å²) in [5.74, 6) is -0.459. The Morgan fingerprint density at radius 2 is 2.15 bits per heavy atom. The summed E-state index contributed by atoms with van der Waals surface area (Å²) >= 11 is 6.13. The van der Waals surface area contributed by atoms with Crippen LogP contribution in [-0.4, -0.2) is 11.1 Å². The maximum absolute atomic E-state index is 10.9. The molecule has 0 aliphatic rings. The fraction of sp³-hybridized carbons (Fsp3) is 0.267. The molecule has 0 saturated heterocycles. The van der Waals surface area contributed by atoms with E-state index in [4.69, 9.17) is 21.1 Å². The maximum atomic E-state index is 10.9. The second kappa shape index (κ2) is 6.11. The predicted molar refractivity (Wildman–Crippen MR) is 77.1 cm³/mol. The average molecular weight is 294 g/mol. The molecule has 20 heavy (non-hydrogen) atoms. The van der Waals surface area contributed by atoms with Gasteiger partial charge in [0.2, 0.25) is 5.76 Å². The van der Waals surface area contributed by atoms with Gasteiger partial charge in [-0.2, -0.15) is 0 Å². The molecule has 2 N–H and O–H groups in total. The van der Waals surface area contributed by atoms with Gasteiger partial charge in [-0.05, 0) is 31.5 Å². The van der Waals surface area contributed by atoms with Crippen LogP contribution in [0, 0.1) is 6.92 Å². The first-order valence-electron chi connectivity index (χ1n) is 6.29. The number of carboxylic acid groups (broad SMARTS) is 1. The van der Waals surface area contributed by atoms with Crippen molar-refractivity contribution in [2.75, 3.05) is 0 Å². The van der Waals surface area contributed by atoms with E-state index in [0.717, 1.165) is 5.56 Å². The highest BCUT2D eigenvalue weighted by Gasteiger charge is 2.15. The number of carboxylic acids is 1. The minimum absolute atomic E-state index is 0.00723. The second-order valence-electron chi connectivity index (χ2n) is 4.65. The molecule has 1 unspecified atom stereocenters. The van der Waals surface area contributed by atoms with Gasteiger partial charge >= 0.3 is 5.97 Å². The Bertz CT molecular complexity index is 621. The van der Waals surface area contributed by atoms with Crippen LogP contribution in [0.4, 0.5) is 0 Å². The number of aryl methyl sites for hydroxylation is 1. The first-order valence-corrected chi connectivity index (χ1v) is 6.67. The topological polar surface area (TPSA) is 62.5 Å². The van der Waals surface area contributed by atoms with E-state index < -0.39 is 5.97 Å². The lowest BCUT2D eigenvalue weighted by atomic mass is 10.1. The maximum Gasteiger partial charge on any atom is 0.372 e. The zero-order valence-electron chi connectivity index (χ0n) is 11.3. The van der Waals surface area contributed by atoms with Crippen LogP contribution in [0.5, 0.6) is 0 Å². The van der Waals surface area contributed by atoms with Crippen molar-refractivity contribution >= 4 is 17.6 Å². The van der Waals surface area contributed by atoms with Gasteiger partial charge in [0.25, 0.3) is 0 Å². The molecule has 0 amide bonds. The molecule has 0 aliphatic carbocycles. The zero-order valence-corrected chi connectivity index (χ0v) is 12.1. The standard InChI is InChI=1S/C15H16ClNO3/c1-9-7-11(20-14(9)15(18)19)8-17-10(2)12-5-3-4-6-13(12)16/h3-7,10,17H,8H2,1-2H3,(H,18,19). The number of benzene rings is 1. The highest BCUT2D eigenvalue weighted by atomic mass is 35.5. The second-order valence-corrected chi connectivity index (χ2v) is 5.06. The van der Waals surface area contributed by atoms with Crippen molar-refractivity contribution in [1.82, 2.24) is 5.32 Å². The number of furan rings is 1. The SMILES string of the molecule is Cc1cc(CNC(C)c2ccccc2Cl)oc1C(=O)O. The minimum Gasteiger partial charge on any atom is -0.475 e. The van der Waals surface area contributed by atoms with E-state index in [1.54, 1.807) is 13.0 Å². The van der Waals surface area contributed by atoms with Gasteiger partial charge < -0.3 is 14.8 Å². The quantitative estimate of drug-likeness (QED) is 0.880. The van der Waals surface area contributed by atoms with Crippen molar-refractivity contribution in [3.05, 3.63) is 58.0 Å². The van der Waals surface area contributed by atoms with E-state index in [-0.39, 0.29) is 11.8 Å². The van der Waals surface area contributed by atoms with E-state index in [1.807, 2.05) is 31.2 Å². The molecule has 1 heterocycles. The Hall–Kier alpha value is -1.78. The number of rotatable bonds is 5. The van der Waals surface area contributed by atoms with Crippen molar-refractivity contribution in [1.29, 1.82) is 0 Å².